The van der Waals surface area contributed by atoms with E-state index >= 15 is 0 Å². The van der Waals surface area contributed by atoms with Gasteiger partial charge in [0, 0.05) is 21.7 Å². The van der Waals surface area contributed by atoms with Gasteiger partial charge in [0.2, 0.25) is 0 Å². The van der Waals surface area contributed by atoms with E-state index in [1.807, 2.05) is 24.3 Å². The first-order valence-corrected chi connectivity index (χ1v) is 10.1. The number of nitrogens with one attached hydrogen (secondary N) is 2. The fourth-order valence-corrected chi connectivity index (χ4v) is 4.09. The van der Waals surface area contributed by atoms with Gasteiger partial charge in [-0.2, -0.15) is 0 Å². The highest BCUT2D eigenvalue weighted by Gasteiger charge is 2.23. The van der Waals surface area contributed by atoms with E-state index in [0.29, 0.717) is 22.9 Å². The molecule has 0 saturated heterocycles. The number of urea groups is 1. The number of thiophene rings is 1. The lowest BCUT2D eigenvalue weighted by Gasteiger charge is -2.16. The maximum Gasteiger partial charge on any atom is 0.348 e. The number of hydrogen-bond acceptors (Lipinski definition) is 7. The highest BCUT2D eigenvalue weighted by atomic mass is 32.1. The smallest absolute Gasteiger partial charge is 0.348 e. The Morgan fingerprint density at radius 2 is 1.87 bits per heavy atom. The van der Waals surface area contributed by atoms with Gasteiger partial charge in [0.05, 0.1) is 7.11 Å². The zero-order valence-electron chi connectivity index (χ0n) is 16.5. The number of benzene rings is 2. The van der Waals surface area contributed by atoms with E-state index in [-0.39, 0.29) is 0 Å². The van der Waals surface area contributed by atoms with Gasteiger partial charge in [-0.15, -0.1) is 11.3 Å². The van der Waals surface area contributed by atoms with Crippen LogP contribution in [0.3, 0.4) is 0 Å². The average Bonchev–Trinajstić information content (AvgIpc) is 3.23. The van der Waals surface area contributed by atoms with Crippen molar-refractivity contribution in [3.05, 3.63) is 65.0 Å². The third-order valence-electron chi connectivity index (χ3n) is 4.46. The molecule has 1 aromatic heterocycles. The second-order valence-corrected chi connectivity index (χ2v) is 7.61. The van der Waals surface area contributed by atoms with Crippen LogP contribution < -0.4 is 20.1 Å². The molecule has 0 aliphatic carbocycles. The number of carbonyl (C=O) groups excluding carboxylic acids is 3. The first-order chi connectivity index (χ1) is 15.0. The van der Waals surface area contributed by atoms with Crippen LogP contribution in [0.25, 0.3) is 10.4 Å². The third kappa shape index (κ3) is 4.67. The maximum absolute atomic E-state index is 12.4. The molecule has 0 fully saturated rings. The van der Waals surface area contributed by atoms with Crippen molar-refractivity contribution in [1.82, 2.24) is 5.32 Å². The Morgan fingerprint density at radius 1 is 1.10 bits per heavy atom. The minimum absolute atomic E-state index is 0.362. The largest absolute Gasteiger partial charge is 0.497 e. The molecule has 9 heteroatoms. The summed E-state index contributed by atoms with van der Waals surface area (Å²) in [6, 6.07) is 15.1. The summed E-state index contributed by atoms with van der Waals surface area (Å²) in [6.45, 7) is -0.216. The Hall–Kier alpha value is -3.85. The molecule has 31 heavy (non-hydrogen) atoms. The lowest BCUT2D eigenvalue weighted by molar-refractivity contribution is -0.123. The van der Waals surface area contributed by atoms with Crippen LogP contribution in [0.1, 0.15) is 15.2 Å². The Labute approximate surface area is 181 Å². The molecule has 0 bridgehead atoms. The van der Waals surface area contributed by atoms with Gasteiger partial charge in [-0.05, 0) is 42.5 Å². The van der Waals surface area contributed by atoms with Crippen LogP contribution in [0.4, 0.5) is 10.5 Å². The van der Waals surface area contributed by atoms with Gasteiger partial charge in [0.1, 0.15) is 23.0 Å². The summed E-state index contributed by atoms with van der Waals surface area (Å²) in [5, 5.41) is 4.62. The molecule has 2 N–H and O–H groups in total. The van der Waals surface area contributed by atoms with Crippen molar-refractivity contribution in [1.29, 1.82) is 0 Å². The van der Waals surface area contributed by atoms with Crippen LogP contribution in [-0.2, 0) is 16.1 Å². The molecular weight excluding hydrogens is 420 g/mol. The number of imide groups is 1. The SMILES string of the molecule is COc1ccc(NC(=O)NC(=O)COC(=O)c2cc3c(s2)-c2ccccc2OC3)cc1. The molecule has 1 aliphatic heterocycles. The van der Waals surface area contributed by atoms with E-state index in [9.17, 15) is 14.4 Å². The molecular formula is C22H18N2O6S. The highest BCUT2D eigenvalue weighted by Crippen LogP contribution is 2.42. The molecule has 0 spiro atoms. The number of anilines is 1. The lowest BCUT2D eigenvalue weighted by atomic mass is 10.1. The monoisotopic (exact) mass is 438 g/mol. The van der Waals surface area contributed by atoms with Gasteiger partial charge in [-0.1, -0.05) is 12.1 Å². The van der Waals surface area contributed by atoms with Crippen molar-refractivity contribution in [3.63, 3.8) is 0 Å². The molecule has 2 aromatic carbocycles. The summed E-state index contributed by atoms with van der Waals surface area (Å²) < 4.78 is 15.8. The van der Waals surface area contributed by atoms with Crippen LogP contribution in [0.5, 0.6) is 11.5 Å². The molecule has 0 saturated carbocycles. The van der Waals surface area contributed by atoms with Crippen LogP contribution in [0, 0.1) is 0 Å². The van der Waals surface area contributed by atoms with Crippen LogP contribution in [0.15, 0.2) is 54.6 Å². The van der Waals surface area contributed by atoms with E-state index in [2.05, 4.69) is 10.6 Å². The topological polar surface area (TPSA) is 103 Å². The summed E-state index contributed by atoms with van der Waals surface area (Å²) in [7, 11) is 1.53. The predicted molar refractivity (Wildman–Crippen MR) is 115 cm³/mol. The van der Waals surface area contributed by atoms with E-state index in [1.165, 1.54) is 18.4 Å². The average molecular weight is 438 g/mol. The van der Waals surface area contributed by atoms with Gasteiger partial charge < -0.3 is 19.5 Å². The quantitative estimate of drug-likeness (QED) is 0.587. The maximum atomic E-state index is 12.4. The Morgan fingerprint density at radius 3 is 2.65 bits per heavy atom. The van der Waals surface area contributed by atoms with Crippen molar-refractivity contribution in [2.24, 2.45) is 0 Å². The van der Waals surface area contributed by atoms with Crippen molar-refractivity contribution < 1.29 is 28.6 Å². The van der Waals surface area contributed by atoms with Gasteiger partial charge in [-0.3, -0.25) is 10.1 Å². The predicted octanol–water partition coefficient (Wildman–Crippen LogP) is 3.82. The number of fused-ring (bicyclic) bond motifs is 3. The summed E-state index contributed by atoms with van der Waals surface area (Å²) in [5.41, 5.74) is 2.29. The number of methoxy groups -OCH3 is 1. The second kappa shape index (κ2) is 8.88. The Balaban J connectivity index is 1.30. The summed E-state index contributed by atoms with van der Waals surface area (Å²) in [4.78, 5) is 37.5. The molecule has 1 aliphatic rings. The normalized spacial score (nSPS) is 11.4. The minimum Gasteiger partial charge on any atom is -0.497 e. The molecule has 3 amide bonds. The fourth-order valence-electron chi connectivity index (χ4n) is 3.00. The van der Waals surface area contributed by atoms with E-state index in [1.54, 1.807) is 30.3 Å². The number of rotatable bonds is 5. The van der Waals surface area contributed by atoms with E-state index < -0.39 is 24.5 Å². The van der Waals surface area contributed by atoms with Gasteiger partial charge in [-0.25, -0.2) is 9.59 Å². The van der Waals surface area contributed by atoms with Gasteiger partial charge >= 0.3 is 12.0 Å². The number of hydrogen-bond donors (Lipinski definition) is 2. The highest BCUT2D eigenvalue weighted by molar-refractivity contribution is 7.17. The fraction of sp³-hybridized carbons (Fsp3) is 0.136. The van der Waals surface area contributed by atoms with Crippen molar-refractivity contribution in [2.45, 2.75) is 6.61 Å². The summed E-state index contributed by atoms with van der Waals surface area (Å²) >= 11 is 1.28. The number of para-hydroxylation sites is 1. The lowest BCUT2D eigenvalue weighted by Crippen LogP contribution is -2.37. The molecule has 3 aromatic rings. The molecule has 2 heterocycles. The standard InChI is InChI=1S/C22H18N2O6S/c1-28-15-8-6-14(7-9-15)23-22(27)24-19(25)12-30-21(26)18-10-13-11-29-17-5-3-2-4-16(17)20(13)31-18/h2-10H,11-12H2,1H3,(H2,23,24,25,27). The summed E-state index contributed by atoms with van der Waals surface area (Å²) in [5.74, 6) is 0.0234. The van der Waals surface area contributed by atoms with Crippen LogP contribution >= 0.6 is 11.3 Å². The zero-order chi connectivity index (χ0) is 21.8. The Kier molecular flexibility index (Phi) is 5.85. The molecule has 8 nitrogen and oxygen atoms in total. The Bertz CT molecular complexity index is 1140. The first-order valence-electron chi connectivity index (χ1n) is 9.30. The minimum atomic E-state index is -0.741. The number of amides is 3. The molecule has 158 valence electrons. The van der Waals surface area contributed by atoms with E-state index in [0.717, 1.165) is 21.8 Å². The van der Waals surface area contributed by atoms with Crippen LogP contribution in [0.2, 0.25) is 0 Å². The van der Waals surface area contributed by atoms with Crippen molar-refractivity contribution in [2.75, 3.05) is 19.0 Å². The van der Waals surface area contributed by atoms with Gasteiger partial charge in [0.15, 0.2) is 6.61 Å². The van der Waals surface area contributed by atoms with Crippen molar-refractivity contribution >= 4 is 34.9 Å². The number of esters is 1. The molecule has 0 atom stereocenters. The van der Waals surface area contributed by atoms with Gasteiger partial charge in [0.25, 0.3) is 5.91 Å². The number of carbonyl (C=O) groups is 3. The first kappa shape index (κ1) is 20.4. The van der Waals surface area contributed by atoms with E-state index in [4.69, 9.17) is 14.2 Å². The molecule has 4 rings (SSSR count). The molecule has 0 unspecified atom stereocenters. The van der Waals surface area contributed by atoms with Crippen molar-refractivity contribution in [3.8, 4) is 21.9 Å². The van der Waals surface area contributed by atoms with Crippen LogP contribution in [-0.4, -0.2) is 31.6 Å². The molecule has 0 radical (unpaired) electrons. The second-order valence-electron chi connectivity index (χ2n) is 6.56. The number of ether oxygens (including phenoxy) is 3. The summed E-state index contributed by atoms with van der Waals surface area (Å²) in [6.07, 6.45) is 0. The zero-order valence-corrected chi connectivity index (χ0v) is 17.3. The third-order valence-corrected chi connectivity index (χ3v) is 5.65.